The summed E-state index contributed by atoms with van der Waals surface area (Å²) in [6, 6.07) is 0. The largest absolute Gasteiger partial charge is 0.395 e. The van der Waals surface area contributed by atoms with Crippen LogP contribution in [0.3, 0.4) is 0 Å². The molecule has 0 unspecified atom stereocenters. The highest BCUT2D eigenvalue weighted by Gasteiger charge is 1.74. The zero-order chi connectivity index (χ0) is 4.83. The van der Waals surface area contributed by atoms with Crippen LogP contribution in [0.15, 0.2) is 0 Å². The van der Waals surface area contributed by atoms with Gasteiger partial charge in [-0.2, -0.15) is 0 Å². The second kappa shape index (κ2) is 4.98. The average Bonchev–Trinajstić information content (AvgIpc) is 1.61. The quantitative estimate of drug-likeness (QED) is 0.340. The van der Waals surface area contributed by atoms with Crippen LogP contribution >= 0.6 is 0 Å². The van der Waals surface area contributed by atoms with Gasteiger partial charge in [-0.25, -0.2) is 0 Å². The van der Waals surface area contributed by atoms with E-state index < -0.39 is 0 Å². The van der Waals surface area contributed by atoms with Crippen LogP contribution in [0, 0.1) is 0 Å². The van der Waals surface area contributed by atoms with Crippen molar-refractivity contribution in [3.8, 4) is 0 Å². The fraction of sp³-hybridized carbons (Fsp3) is 1.00. The van der Waals surface area contributed by atoms with Crippen molar-refractivity contribution in [2.75, 3.05) is 13.2 Å². The number of hydrogen-bond donors (Lipinski definition) is 2. The lowest BCUT2D eigenvalue weighted by molar-refractivity contribution is 0.301. The van der Waals surface area contributed by atoms with Gasteiger partial charge in [0.1, 0.15) is 0 Å². The minimum Gasteiger partial charge on any atom is -0.395 e. The van der Waals surface area contributed by atoms with Crippen molar-refractivity contribution >= 4 is 7.41 Å². The lowest BCUT2D eigenvalue weighted by atomic mass is 10.0. The molecule has 36 valence electrons. The van der Waals surface area contributed by atoms with Gasteiger partial charge in [-0.05, 0) is 0 Å². The molecule has 0 fully saturated rings. The minimum absolute atomic E-state index is 0.244. The molecule has 0 spiro atoms. The van der Waals surface area contributed by atoms with Crippen LogP contribution in [-0.4, -0.2) is 25.7 Å². The normalized spacial score (nSPS) is 8.33. The molecule has 0 saturated heterocycles. The maximum atomic E-state index is 8.13. The maximum absolute atomic E-state index is 8.13. The van der Waals surface area contributed by atoms with Crippen molar-refractivity contribution in [3.63, 3.8) is 0 Å². The lowest BCUT2D eigenvalue weighted by Gasteiger charge is -1.89. The third-order valence-electron chi connectivity index (χ3n) is 0.539. The van der Waals surface area contributed by atoms with Crippen molar-refractivity contribution in [1.29, 1.82) is 0 Å². The van der Waals surface area contributed by atoms with Crippen molar-refractivity contribution < 1.29 is 5.11 Å². The van der Waals surface area contributed by atoms with E-state index in [1.807, 2.05) is 6.82 Å². The van der Waals surface area contributed by atoms with E-state index in [1.165, 1.54) is 0 Å². The second-order valence-electron chi connectivity index (χ2n) is 1.08. The Kier molecular flexibility index (Phi) is 4.97. The van der Waals surface area contributed by atoms with Crippen LogP contribution in [-0.2, 0) is 0 Å². The molecule has 0 amide bonds. The lowest BCUT2D eigenvalue weighted by Crippen LogP contribution is -2.19. The summed E-state index contributed by atoms with van der Waals surface area (Å²) < 4.78 is 0. The standard InChI is InChI=1S/C3H10BNO/c1-4-5-2-3-6/h4-6H,2-3H2,1H3. The Morgan fingerprint density at radius 2 is 2.50 bits per heavy atom. The summed E-state index contributed by atoms with van der Waals surface area (Å²) in [4.78, 5) is 0. The van der Waals surface area contributed by atoms with Crippen molar-refractivity contribution in [2.45, 2.75) is 6.82 Å². The van der Waals surface area contributed by atoms with Gasteiger partial charge in [-0.15, -0.1) is 0 Å². The summed E-state index contributed by atoms with van der Waals surface area (Å²) in [6.45, 7) is 2.97. The van der Waals surface area contributed by atoms with Crippen molar-refractivity contribution in [2.24, 2.45) is 0 Å². The van der Waals surface area contributed by atoms with E-state index in [0.29, 0.717) is 0 Å². The first kappa shape index (κ1) is 5.98. The van der Waals surface area contributed by atoms with Crippen LogP contribution in [0.4, 0.5) is 0 Å². The van der Waals surface area contributed by atoms with Gasteiger partial charge in [-0.1, -0.05) is 6.82 Å². The third kappa shape index (κ3) is 3.98. The Balaban J connectivity index is 2.34. The van der Waals surface area contributed by atoms with Gasteiger partial charge in [0.25, 0.3) is 0 Å². The molecular formula is C3H10BNO. The van der Waals surface area contributed by atoms with Crippen LogP contribution in [0.5, 0.6) is 0 Å². The molecule has 2 nitrogen and oxygen atoms in total. The summed E-state index contributed by atoms with van der Waals surface area (Å²) in [5.41, 5.74) is 0. The molecule has 0 bridgehead atoms. The molecule has 0 aliphatic rings. The Hall–Kier alpha value is -0.0151. The zero-order valence-electron chi connectivity index (χ0n) is 4.07. The highest BCUT2D eigenvalue weighted by molar-refractivity contribution is 6.29. The molecule has 0 radical (unpaired) electrons. The zero-order valence-corrected chi connectivity index (χ0v) is 4.07. The number of nitrogens with one attached hydrogen (secondary N) is 1. The summed E-state index contributed by atoms with van der Waals surface area (Å²) in [5.74, 6) is 0. The summed E-state index contributed by atoms with van der Waals surface area (Å²) in [6.07, 6.45) is 0. The fourth-order valence-corrected chi connectivity index (χ4v) is 0.256. The van der Waals surface area contributed by atoms with E-state index >= 15 is 0 Å². The van der Waals surface area contributed by atoms with Crippen LogP contribution in [0.2, 0.25) is 6.82 Å². The monoisotopic (exact) mass is 87.1 g/mol. The SMILES string of the molecule is CBNCCO. The molecule has 0 aromatic carbocycles. The van der Waals surface area contributed by atoms with Crippen LogP contribution < -0.4 is 5.23 Å². The van der Waals surface area contributed by atoms with E-state index in [9.17, 15) is 0 Å². The Bertz CT molecular complexity index is 22.8. The number of rotatable bonds is 3. The van der Waals surface area contributed by atoms with Gasteiger partial charge in [-0.3, -0.25) is 0 Å². The fourth-order valence-electron chi connectivity index (χ4n) is 0.256. The Morgan fingerprint density at radius 1 is 1.83 bits per heavy atom. The predicted octanol–water partition coefficient (Wildman–Crippen LogP) is -1.03. The van der Waals surface area contributed by atoms with Gasteiger partial charge >= 0.3 is 0 Å². The van der Waals surface area contributed by atoms with Gasteiger partial charge in [0.2, 0.25) is 0 Å². The van der Waals surface area contributed by atoms with E-state index in [4.69, 9.17) is 5.11 Å². The van der Waals surface area contributed by atoms with E-state index in [1.54, 1.807) is 0 Å². The van der Waals surface area contributed by atoms with Gasteiger partial charge in [0, 0.05) is 6.54 Å². The molecule has 6 heavy (non-hydrogen) atoms. The molecule has 0 aliphatic carbocycles. The van der Waals surface area contributed by atoms with Gasteiger partial charge in [0.05, 0.1) is 6.61 Å². The van der Waals surface area contributed by atoms with Crippen LogP contribution in [0.25, 0.3) is 0 Å². The first-order valence-corrected chi connectivity index (χ1v) is 2.23. The molecule has 3 heteroatoms. The molecule has 0 rings (SSSR count). The van der Waals surface area contributed by atoms with Gasteiger partial charge < -0.3 is 10.3 Å². The van der Waals surface area contributed by atoms with E-state index in [0.717, 1.165) is 14.0 Å². The van der Waals surface area contributed by atoms with E-state index in [2.05, 4.69) is 5.23 Å². The topological polar surface area (TPSA) is 32.3 Å². The molecular weight excluding hydrogens is 76.9 g/mol. The van der Waals surface area contributed by atoms with Crippen molar-refractivity contribution in [3.05, 3.63) is 0 Å². The third-order valence-corrected chi connectivity index (χ3v) is 0.539. The first-order valence-electron chi connectivity index (χ1n) is 2.23. The highest BCUT2D eigenvalue weighted by atomic mass is 16.3. The highest BCUT2D eigenvalue weighted by Crippen LogP contribution is 1.48. The average molecular weight is 86.9 g/mol. The Morgan fingerprint density at radius 3 is 2.67 bits per heavy atom. The van der Waals surface area contributed by atoms with Gasteiger partial charge in [0.15, 0.2) is 7.41 Å². The molecule has 0 aliphatic heterocycles. The summed E-state index contributed by atoms with van der Waals surface area (Å²) in [7, 11) is 0.945. The number of hydrogen-bond acceptors (Lipinski definition) is 2. The molecule has 2 N–H and O–H groups in total. The molecule has 0 aromatic rings. The summed E-state index contributed by atoms with van der Waals surface area (Å²) >= 11 is 0. The molecule has 0 saturated carbocycles. The summed E-state index contributed by atoms with van der Waals surface area (Å²) in [5, 5.41) is 11.1. The minimum atomic E-state index is 0.244. The second-order valence-corrected chi connectivity index (χ2v) is 1.08. The van der Waals surface area contributed by atoms with Crippen LogP contribution in [0.1, 0.15) is 0 Å². The molecule has 0 atom stereocenters. The molecule has 0 aromatic heterocycles. The smallest absolute Gasteiger partial charge is 0.197 e. The number of aliphatic hydroxyl groups excluding tert-OH is 1. The maximum Gasteiger partial charge on any atom is 0.197 e. The van der Waals surface area contributed by atoms with Crippen molar-refractivity contribution in [1.82, 2.24) is 5.23 Å². The number of aliphatic hydroxyl groups is 1. The first-order chi connectivity index (χ1) is 2.91. The van der Waals surface area contributed by atoms with E-state index in [-0.39, 0.29) is 6.61 Å². The Labute approximate surface area is 38.8 Å². The predicted molar refractivity (Wildman–Crippen MR) is 28.1 cm³/mol. The molecule has 0 heterocycles.